The van der Waals surface area contributed by atoms with Gasteiger partial charge in [0.15, 0.2) is 5.00 Å². The van der Waals surface area contributed by atoms with Crippen LogP contribution >= 0.6 is 23.7 Å². The number of hydrogen-bond acceptors (Lipinski definition) is 1. The Morgan fingerprint density at radius 2 is 2.06 bits per heavy atom. The maximum Gasteiger partial charge on any atom is 0.190 e. The van der Waals surface area contributed by atoms with Crippen molar-refractivity contribution in [3.63, 3.8) is 0 Å². The lowest BCUT2D eigenvalue weighted by atomic mass is 10.1. The first kappa shape index (κ1) is 11.5. The minimum absolute atomic E-state index is 0. The fourth-order valence-corrected chi connectivity index (χ4v) is 4.75. The molecule has 0 saturated carbocycles. The molecule has 3 heteroatoms. The molecule has 90 valence electrons. The van der Waals surface area contributed by atoms with Gasteiger partial charge in [0, 0.05) is 23.1 Å². The minimum Gasteiger partial charge on any atom is -0.270 e. The normalized spacial score (nSPS) is 34.4. The average molecular weight is 267 g/mol. The van der Waals surface area contributed by atoms with Gasteiger partial charge >= 0.3 is 0 Å². The first-order chi connectivity index (χ1) is 7.78. The van der Waals surface area contributed by atoms with Crippen molar-refractivity contribution in [3.05, 3.63) is 30.3 Å². The average Bonchev–Trinajstić information content (AvgIpc) is 2.71. The number of hydrogen-bond donors (Lipinski definition) is 0. The summed E-state index contributed by atoms with van der Waals surface area (Å²) >= 11 is 2.01. The fraction of sp³-hybridized carbons (Fsp3) is 0.429. The highest BCUT2D eigenvalue weighted by Gasteiger charge is 2.62. The Morgan fingerprint density at radius 1 is 1.24 bits per heavy atom. The molecule has 0 radical (unpaired) electrons. The quantitative estimate of drug-likeness (QED) is 0.540. The van der Waals surface area contributed by atoms with Crippen LogP contribution in [-0.2, 0) is 0 Å². The second-order valence-electron chi connectivity index (χ2n) is 5.52. The molecule has 2 aliphatic rings. The van der Waals surface area contributed by atoms with Crippen LogP contribution in [0.3, 0.4) is 0 Å². The summed E-state index contributed by atoms with van der Waals surface area (Å²) in [6.07, 6.45) is 1.44. The van der Waals surface area contributed by atoms with E-state index in [1.165, 1.54) is 34.1 Å². The molecule has 17 heavy (non-hydrogen) atoms. The van der Waals surface area contributed by atoms with E-state index >= 15 is 0 Å². The molecule has 3 atom stereocenters. The highest BCUT2D eigenvalue weighted by Crippen LogP contribution is 2.51. The Hall–Kier alpha value is -0.570. The molecule has 0 amide bonds. The van der Waals surface area contributed by atoms with Gasteiger partial charge in [0.05, 0.1) is 6.54 Å². The van der Waals surface area contributed by atoms with E-state index in [9.17, 15) is 0 Å². The zero-order valence-electron chi connectivity index (χ0n) is 9.93. The van der Waals surface area contributed by atoms with Crippen molar-refractivity contribution in [2.75, 3.05) is 13.1 Å². The number of benzene rings is 1. The van der Waals surface area contributed by atoms with E-state index in [1.54, 1.807) is 5.00 Å². The molecule has 1 unspecified atom stereocenters. The van der Waals surface area contributed by atoms with Crippen molar-refractivity contribution in [2.45, 2.75) is 19.4 Å². The monoisotopic (exact) mass is 266 g/mol. The summed E-state index contributed by atoms with van der Waals surface area (Å²) < 4.78 is 2.76. The van der Waals surface area contributed by atoms with Crippen molar-refractivity contribution >= 4 is 38.8 Å². The van der Waals surface area contributed by atoms with Crippen molar-refractivity contribution in [1.29, 1.82) is 0 Å². The summed E-state index contributed by atoms with van der Waals surface area (Å²) in [6.45, 7) is 5.17. The predicted molar refractivity (Wildman–Crippen MR) is 78.2 cm³/mol. The lowest BCUT2D eigenvalue weighted by Crippen LogP contribution is -2.26. The van der Waals surface area contributed by atoms with Gasteiger partial charge in [-0.2, -0.15) is 0 Å². The van der Waals surface area contributed by atoms with Gasteiger partial charge < -0.3 is 0 Å². The van der Waals surface area contributed by atoms with Crippen LogP contribution in [0.15, 0.2) is 30.3 Å². The van der Waals surface area contributed by atoms with E-state index in [-0.39, 0.29) is 12.4 Å². The third-order valence-corrected chi connectivity index (χ3v) is 5.55. The number of rotatable bonds is 1. The Balaban J connectivity index is 0.000000902. The Kier molecular flexibility index (Phi) is 2.51. The SMILES string of the molecule is CC1C[C@@H]2C[N@+]2(c2cc3ccccc3s2)C1.Cl. The van der Waals surface area contributed by atoms with Gasteiger partial charge in [-0.1, -0.05) is 36.5 Å². The molecule has 1 aromatic carbocycles. The smallest absolute Gasteiger partial charge is 0.190 e. The first-order valence-corrected chi connectivity index (χ1v) is 6.95. The van der Waals surface area contributed by atoms with Crippen molar-refractivity contribution in [2.24, 2.45) is 5.92 Å². The van der Waals surface area contributed by atoms with E-state index in [0.717, 1.165) is 12.0 Å². The van der Waals surface area contributed by atoms with Gasteiger partial charge in [0.2, 0.25) is 0 Å². The van der Waals surface area contributed by atoms with Crippen molar-refractivity contribution in [3.8, 4) is 0 Å². The lowest BCUT2D eigenvalue weighted by Gasteiger charge is -2.13. The first-order valence-electron chi connectivity index (χ1n) is 6.14. The molecule has 1 aromatic heterocycles. The predicted octanol–water partition coefficient (Wildman–Crippen LogP) is 4.05. The van der Waals surface area contributed by atoms with Crippen molar-refractivity contribution < 1.29 is 0 Å². The summed E-state index contributed by atoms with van der Waals surface area (Å²) in [4.78, 5) is 0. The number of halogens is 1. The highest BCUT2D eigenvalue weighted by molar-refractivity contribution is 7.22. The third kappa shape index (κ3) is 1.55. The maximum atomic E-state index is 2.43. The van der Waals surface area contributed by atoms with Crippen LogP contribution in [0.1, 0.15) is 13.3 Å². The summed E-state index contributed by atoms with van der Waals surface area (Å²) in [6, 6.07) is 12.2. The van der Waals surface area contributed by atoms with Crippen LogP contribution in [0.4, 0.5) is 5.00 Å². The third-order valence-electron chi connectivity index (χ3n) is 4.27. The van der Waals surface area contributed by atoms with Crippen LogP contribution in [0.25, 0.3) is 10.1 Å². The van der Waals surface area contributed by atoms with Gasteiger partial charge in [-0.25, -0.2) is 0 Å². The van der Waals surface area contributed by atoms with Crippen LogP contribution < -0.4 is 4.48 Å². The van der Waals surface area contributed by atoms with Gasteiger partial charge in [0.1, 0.15) is 12.6 Å². The van der Waals surface area contributed by atoms with Gasteiger partial charge in [-0.3, -0.25) is 4.48 Å². The van der Waals surface area contributed by atoms with E-state index in [0.29, 0.717) is 0 Å². The molecule has 2 fully saturated rings. The second-order valence-corrected chi connectivity index (χ2v) is 6.58. The van der Waals surface area contributed by atoms with E-state index < -0.39 is 0 Å². The summed E-state index contributed by atoms with van der Waals surface area (Å²) in [5, 5.41) is 3.04. The Labute approximate surface area is 112 Å². The highest BCUT2D eigenvalue weighted by atomic mass is 35.5. The second kappa shape index (κ2) is 3.71. The Morgan fingerprint density at radius 3 is 2.76 bits per heavy atom. The zero-order valence-corrected chi connectivity index (χ0v) is 11.6. The number of quaternary nitrogens is 1. The molecule has 4 rings (SSSR count). The number of nitrogens with zero attached hydrogens (tertiary/aromatic N) is 1. The standard InChI is InChI=1S/C14H16NS.ClH/c1-10-6-12-9-15(12,8-10)14-7-11-4-2-3-5-13(11)16-14;/h2-5,7,10,12H,6,8-9H2,1H3;1H/q+1;/t10?,12-,15-;/m1./s1. The Bertz CT molecular complexity index is 531. The summed E-state index contributed by atoms with van der Waals surface area (Å²) in [7, 11) is 0. The summed E-state index contributed by atoms with van der Waals surface area (Å²) in [5.74, 6) is 0.920. The van der Waals surface area contributed by atoms with Crippen LogP contribution in [0.2, 0.25) is 0 Å². The van der Waals surface area contributed by atoms with Crippen LogP contribution in [0, 0.1) is 5.92 Å². The largest absolute Gasteiger partial charge is 0.270 e. The van der Waals surface area contributed by atoms with Gasteiger partial charge in [0.25, 0.3) is 0 Å². The molecule has 2 aromatic rings. The molecular formula is C14H17ClNS+. The zero-order chi connectivity index (χ0) is 10.8. The number of fused-ring (bicyclic) bond motifs is 2. The van der Waals surface area contributed by atoms with Gasteiger partial charge in [-0.15, -0.1) is 12.4 Å². The van der Waals surface area contributed by atoms with E-state index in [1.807, 2.05) is 11.3 Å². The lowest BCUT2D eigenvalue weighted by molar-refractivity contribution is 0.508. The summed E-state index contributed by atoms with van der Waals surface area (Å²) in [5.41, 5.74) is 0. The molecule has 1 nitrogen and oxygen atoms in total. The number of piperidine rings is 1. The maximum absolute atomic E-state index is 2.43. The van der Waals surface area contributed by atoms with Crippen molar-refractivity contribution in [1.82, 2.24) is 4.48 Å². The molecule has 0 N–H and O–H groups in total. The molecule has 0 bridgehead atoms. The molecule has 2 aliphatic heterocycles. The van der Waals surface area contributed by atoms with E-state index in [4.69, 9.17) is 0 Å². The van der Waals surface area contributed by atoms with E-state index in [2.05, 4.69) is 37.3 Å². The molecule has 3 heterocycles. The van der Waals surface area contributed by atoms with Crippen LogP contribution in [0.5, 0.6) is 0 Å². The molecular weight excluding hydrogens is 250 g/mol. The van der Waals surface area contributed by atoms with Gasteiger partial charge in [-0.05, 0) is 11.5 Å². The molecule has 0 aliphatic carbocycles. The molecule has 2 saturated heterocycles. The topological polar surface area (TPSA) is 0 Å². The molecule has 0 spiro atoms. The number of thiophene rings is 1. The fourth-order valence-electron chi connectivity index (χ4n) is 3.47. The minimum atomic E-state index is 0. The van der Waals surface area contributed by atoms with Crippen LogP contribution in [-0.4, -0.2) is 19.1 Å².